The first-order valence-electron chi connectivity index (χ1n) is 5.20. The summed E-state index contributed by atoms with van der Waals surface area (Å²) in [6.45, 7) is 6.51. The lowest BCUT2D eigenvalue weighted by atomic mass is 9.94. The number of aromatic nitrogens is 1. The molecule has 0 aromatic carbocycles. The number of aryl methyl sites for hydroxylation is 1. The van der Waals surface area contributed by atoms with Gasteiger partial charge in [0, 0.05) is 11.5 Å². The molecule has 0 aliphatic carbocycles. The highest BCUT2D eigenvalue weighted by molar-refractivity contribution is 5.15. The van der Waals surface area contributed by atoms with E-state index in [-0.39, 0.29) is 0 Å². The Morgan fingerprint density at radius 2 is 1.92 bits per heavy atom. The zero-order valence-electron chi connectivity index (χ0n) is 8.84. The molecule has 0 unspecified atom stereocenters. The molecule has 0 radical (unpaired) electrons. The van der Waals surface area contributed by atoms with E-state index in [9.17, 15) is 0 Å². The summed E-state index contributed by atoms with van der Waals surface area (Å²) in [4.78, 5) is 0. The Balaban J connectivity index is 2.69. The van der Waals surface area contributed by atoms with Crippen molar-refractivity contribution in [2.24, 2.45) is 0 Å². The maximum Gasteiger partial charge on any atom is 0.142 e. The first kappa shape index (κ1) is 10.3. The van der Waals surface area contributed by atoms with Gasteiger partial charge in [0.05, 0.1) is 6.20 Å². The molecule has 1 aromatic rings. The molecule has 0 bridgehead atoms. The maximum absolute atomic E-state index is 5.28. The van der Waals surface area contributed by atoms with E-state index in [1.165, 1.54) is 31.2 Å². The van der Waals surface area contributed by atoms with Crippen molar-refractivity contribution in [3.63, 3.8) is 0 Å². The molecule has 0 saturated carbocycles. The minimum atomic E-state index is 0.581. The lowest BCUT2D eigenvalue weighted by Gasteiger charge is -2.11. The first-order valence-corrected chi connectivity index (χ1v) is 5.20. The third kappa shape index (κ3) is 2.58. The molecule has 0 amide bonds. The molecule has 0 spiro atoms. The van der Waals surface area contributed by atoms with Crippen LogP contribution in [0.25, 0.3) is 0 Å². The van der Waals surface area contributed by atoms with Crippen LogP contribution >= 0.6 is 0 Å². The largest absolute Gasteiger partial charge is 0.361 e. The van der Waals surface area contributed by atoms with Crippen molar-refractivity contribution in [1.82, 2.24) is 5.16 Å². The van der Waals surface area contributed by atoms with Gasteiger partial charge in [0.1, 0.15) is 5.76 Å². The molecular formula is C11H19NO. The van der Waals surface area contributed by atoms with E-state index < -0.39 is 0 Å². The Labute approximate surface area is 80.3 Å². The molecule has 0 aliphatic heterocycles. The van der Waals surface area contributed by atoms with Crippen LogP contribution in [0.15, 0.2) is 10.7 Å². The summed E-state index contributed by atoms with van der Waals surface area (Å²) >= 11 is 0. The van der Waals surface area contributed by atoms with E-state index in [0.717, 1.165) is 5.76 Å². The van der Waals surface area contributed by atoms with Crippen LogP contribution < -0.4 is 0 Å². The lowest BCUT2D eigenvalue weighted by Crippen LogP contribution is -1.98. The second kappa shape index (κ2) is 5.05. The molecule has 2 heteroatoms. The van der Waals surface area contributed by atoms with Gasteiger partial charge in [-0.15, -0.1) is 0 Å². The van der Waals surface area contributed by atoms with Crippen LogP contribution in [0.1, 0.15) is 56.8 Å². The Morgan fingerprint density at radius 3 is 2.31 bits per heavy atom. The van der Waals surface area contributed by atoms with Crippen LogP contribution in [0.5, 0.6) is 0 Å². The Kier molecular flexibility index (Phi) is 4.00. The third-order valence-corrected chi connectivity index (χ3v) is 2.43. The standard InChI is InChI=1S/C11H19NO/c1-4-6-10(7-5-2)11-9(3)8-12-13-11/h8,10H,4-7H2,1-3H3. The molecule has 0 N–H and O–H groups in total. The van der Waals surface area contributed by atoms with Crippen LogP contribution in [0.2, 0.25) is 0 Å². The zero-order valence-corrected chi connectivity index (χ0v) is 8.84. The van der Waals surface area contributed by atoms with Crippen LogP contribution in [0.4, 0.5) is 0 Å². The molecule has 0 fully saturated rings. The van der Waals surface area contributed by atoms with Gasteiger partial charge >= 0.3 is 0 Å². The molecule has 1 rings (SSSR count). The van der Waals surface area contributed by atoms with Crippen molar-refractivity contribution in [1.29, 1.82) is 0 Å². The second-order valence-corrected chi connectivity index (χ2v) is 3.65. The highest BCUT2D eigenvalue weighted by Crippen LogP contribution is 2.28. The lowest BCUT2D eigenvalue weighted by molar-refractivity contribution is 0.342. The zero-order chi connectivity index (χ0) is 9.68. The number of hydrogen-bond donors (Lipinski definition) is 0. The van der Waals surface area contributed by atoms with Crippen molar-refractivity contribution >= 4 is 0 Å². The van der Waals surface area contributed by atoms with Crippen molar-refractivity contribution in [2.75, 3.05) is 0 Å². The summed E-state index contributed by atoms with van der Waals surface area (Å²) in [6, 6.07) is 0. The fourth-order valence-corrected chi connectivity index (χ4v) is 1.80. The molecular weight excluding hydrogens is 162 g/mol. The number of hydrogen-bond acceptors (Lipinski definition) is 2. The van der Waals surface area contributed by atoms with E-state index >= 15 is 0 Å². The fraction of sp³-hybridized carbons (Fsp3) is 0.727. The minimum Gasteiger partial charge on any atom is -0.361 e. The maximum atomic E-state index is 5.28. The van der Waals surface area contributed by atoms with E-state index in [0.29, 0.717) is 5.92 Å². The Bertz CT molecular complexity index is 236. The van der Waals surface area contributed by atoms with Gasteiger partial charge in [-0.05, 0) is 19.8 Å². The topological polar surface area (TPSA) is 26.0 Å². The first-order chi connectivity index (χ1) is 6.29. The molecule has 74 valence electrons. The number of nitrogens with zero attached hydrogens (tertiary/aromatic N) is 1. The smallest absolute Gasteiger partial charge is 0.142 e. The van der Waals surface area contributed by atoms with Crippen molar-refractivity contribution in [3.8, 4) is 0 Å². The van der Waals surface area contributed by atoms with E-state index in [1.807, 2.05) is 6.20 Å². The molecule has 0 aliphatic rings. The molecule has 2 nitrogen and oxygen atoms in total. The van der Waals surface area contributed by atoms with Crippen molar-refractivity contribution in [2.45, 2.75) is 52.4 Å². The van der Waals surface area contributed by atoms with Crippen molar-refractivity contribution < 1.29 is 4.52 Å². The fourth-order valence-electron chi connectivity index (χ4n) is 1.80. The van der Waals surface area contributed by atoms with Gasteiger partial charge in [-0.25, -0.2) is 0 Å². The van der Waals surface area contributed by atoms with Gasteiger partial charge in [0.2, 0.25) is 0 Å². The Hall–Kier alpha value is -0.790. The van der Waals surface area contributed by atoms with Crippen LogP contribution in [0, 0.1) is 6.92 Å². The SMILES string of the molecule is CCCC(CCC)c1oncc1C. The summed E-state index contributed by atoms with van der Waals surface area (Å²) in [5.41, 5.74) is 1.20. The number of rotatable bonds is 5. The van der Waals surface area contributed by atoms with E-state index in [2.05, 4.69) is 25.9 Å². The summed E-state index contributed by atoms with van der Waals surface area (Å²) in [5, 5.41) is 3.83. The molecule has 13 heavy (non-hydrogen) atoms. The predicted molar refractivity (Wildman–Crippen MR) is 53.8 cm³/mol. The second-order valence-electron chi connectivity index (χ2n) is 3.65. The van der Waals surface area contributed by atoms with Gasteiger partial charge in [-0.3, -0.25) is 0 Å². The summed E-state index contributed by atoms with van der Waals surface area (Å²) in [7, 11) is 0. The summed E-state index contributed by atoms with van der Waals surface area (Å²) in [5.74, 6) is 1.68. The van der Waals surface area contributed by atoms with Gasteiger partial charge in [-0.1, -0.05) is 31.8 Å². The highest BCUT2D eigenvalue weighted by atomic mass is 16.5. The monoisotopic (exact) mass is 181 g/mol. The molecule has 0 atom stereocenters. The van der Waals surface area contributed by atoms with Crippen LogP contribution in [-0.4, -0.2) is 5.16 Å². The quantitative estimate of drug-likeness (QED) is 0.692. The normalized spacial score (nSPS) is 11.1. The van der Waals surface area contributed by atoms with Crippen molar-refractivity contribution in [3.05, 3.63) is 17.5 Å². The molecule has 1 heterocycles. The molecule has 0 saturated heterocycles. The van der Waals surface area contributed by atoms with E-state index in [4.69, 9.17) is 4.52 Å². The third-order valence-electron chi connectivity index (χ3n) is 2.43. The predicted octanol–water partition coefficient (Wildman–Crippen LogP) is 3.67. The average molecular weight is 181 g/mol. The summed E-state index contributed by atoms with van der Waals surface area (Å²) < 4.78 is 5.28. The minimum absolute atomic E-state index is 0.581. The van der Waals surface area contributed by atoms with Gasteiger partial charge in [0.15, 0.2) is 0 Å². The summed E-state index contributed by atoms with van der Waals surface area (Å²) in [6.07, 6.45) is 6.66. The van der Waals surface area contributed by atoms with Crippen LogP contribution in [-0.2, 0) is 0 Å². The highest BCUT2D eigenvalue weighted by Gasteiger charge is 2.16. The Morgan fingerprint density at radius 1 is 1.31 bits per heavy atom. The van der Waals surface area contributed by atoms with Gasteiger partial charge < -0.3 is 4.52 Å². The van der Waals surface area contributed by atoms with E-state index in [1.54, 1.807) is 0 Å². The van der Waals surface area contributed by atoms with Gasteiger partial charge in [-0.2, -0.15) is 0 Å². The average Bonchev–Trinajstić information content (AvgIpc) is 2.51. The van der Waals surface area contributed by atoms with Crippen LogP contribution in [0.3, 0.4) is 0 Å². The van der Waals surface area contributed by atoms with Gasteiger partial charge in [0.25, 0.3) is 0 Å². The molecule has 1 aromatic heterocycles.